The van der Waals surface area contributed by atoms with Crippen molar-refractivity contribution in [3.63, 3.8) is 0 Å². The minimum absolute atomic E-state index is 0.0140. The monoisotopic (exact) mass is 1730 g/mol. The van der Waals surface area contributed by atoms with Gasteiger partial charge in [-0.25, -0.2) is 4.98 Å². The first-order chi connectivity index (χ1) is 57.7. The molecule has 1 aromatic heterocycles. The van der Waals surface area contributed by atoms with E-state index in [0.717, 1.165) is 17.3 Å². The molecule has 3 aliphatic rings. The number of nitrogens with one attached hydrogen (secondary N) is 9. The SMILES string of the molecule is CSCC[C@H](CC(C)=O)C(=O)N[C@H]1CSCc2cccc(c2)CSC[C@@H](C(=O)C[C@@H](CC(=O)O)C(=O)N[C@H](Cc2c[nH]cn2)C(=O)C[C@@H](Cc2ccccc2)C(=O)N[C@@H](CCCCC(=N)N)C(=O)N[C@@H](CC(=O)O)C(N)=O)NC(=O)[C@H](Cc2ccccc2)CC(=O)[C@H](CCC(=O)O)NC(=O)[C@H]([C@@H](C)O)NC(=O)[C@@H]2CCCN2C(=O)[C@@H]2CCCN2C1=O. The maximum Gasteiger partial charge on any atom is 0.305 e. The van der Waals surface area contributed by atoms with Gasteiger partial charge in [-0.1, -0.05) is 91.3 Å². The van der Waals surface area contributed by atoms with E-state index in [1.54, 1.807) is 72.8 Å². The van der Waals surface area contributed by atoms with Gasteiger partial charge in [-0.2, -0.15) is 35.3 Å². The van der Waals surface area contributed by atoms with Crippen molar-refractivity contribution in [2.75, 3.05) is 36.6 Å². The highest BCUT2D eigenvalue weighted by Crippen LogP contribution is 2.30. The first kappa shape index (κ1) is 97.3. The smallest absolute Gasteiger partial charge is 0.305 e. The summed E-state index contributed by atoms with van der Waals surface area (Å²) in [6, 6.07) is 10.3. The van der Waals surface area contributed by atoms with E-state index in [4.69, 9.17) is 16.9 Å². The summed E-state index contributed by atoms with van der Waals surface area (Å²) in [6.07, 6.45) is -1.88. The number of H-pyrrole nitrogens is 1. The lowest BCUT2D eigenvalue weighted by Gasteiger charge is -2.34. The van der Waals surface area contributed by atoms with Gasteiger partial charge in [0.1, 0.15) is 42.0 Å². The predicted molar refractivity (Wildman–Crippen MR) is 448 cm³/mol. The highest BCUT2D eigenvalue weighted by Gasteiger charge is 2.46. The van der Waals surface area contributed by atoms with E-state index in [-0.39, 0.29) is 118 Å². The third-order valence-electron chi connectivity index (χ3n) is 21.1. The van der Waals surface area contributed by atoms with Crippen LogP contribution in [0.2, 0.25) is 0 Å². The van der Waals surface area contributed by atoms with Crippen LogP contribution in [0.5, 0.6) is 0 Å². The number of carboxylic acid groups (broad SMARTS) is 3. The fourth-order valence-corrected chi connectivity index (χ4v) is 17.3. The van der Waals surface area contributed by atoms with Crippen LogP contribution in [0.25, 0.3) is 0 Å². The zero-order valence-electron chi connectivity index (χ0n) is 67.9. The summed E-state index contributed by atoms with van der Waals surface area (Å²) >= 11 is 3.89. The average molecular weight is 1740 g/mol. The Hall–Kier alpha value is -10.9. The van der Waals surface area contributed by atoms with Crippen molar-refractivity contribution in [3.05, 3.63) is 125 Å². The van der Waals surface area contributed by atoms with E-state index in [9.17, 15) is 78.0 Å². The van der Waals surface area contributed by atoms with Crippen molar-refractivity contribution in [2.45, 2.75) is 214 Å². The molecule has 0 unspecified atom stereocenters. The number of carbonyl (C=O) groups is 17. The van der Waals surface area contributed by atoms with Crippen LogP contribution in [0.15, 0.2) is 97.5 Å². The number of amidine groups is 1. The Morgan fingerprint density at radius 2 is 1.25 bits per heavy atom. The molecule has 10 amide bonds. The molecule has 0 aliphatic carbocycles. The minimum Gasteiger partial charge on any atom is -0.481 e. The predicted octanol–water partition coefficient (Wildman–Crippen LogP) is 2.24. The van der Waals surface area contributed by atoms with Crippen molar-refractivity contribution < 1.29 is 102 Å². The number of benzene rings is 3. The van der Waals surface area contributed by atoms with Gasteiger partial charge in [0.2, 0.25) is 59.1 Å². The number of imidazole rings is 1. The Morgan fingerprint density at radius 1 is 0.628 bits per heavy atom. The van der Waals surface area contributed by atoms with Crippen LogP contribution in [0.4, 0.5) is 0 Å². The van der Waals surface area contributed by atoms with Gasteiger partial charge in [-0.05, 0) is 112 Å². The van der Waals surface area contributed by atoms with E-state index in [0.29, 0.717) is 41.7 Å². The molecule has 2 fully saturated rings. The molecule has 35 nitrogen and oxygen atoms in total. The number of unbranched alkanes of at least 4 members (excludes halogenated alkanes) is 1. The molecule has 3 aliphatic heterocycles. The zero-order chi connectivity index (χ0) is 88.4. The second-order valence-electron chi connectivity index (χ2n) is 30.8. The number of nitrogens with zero attached hydrogens (tertiary/aromatic N) is 3. The van der Waals surface area contributed by atoms with Crippen LogP contribution in [-0.2, 0) is 112 Å². The molecule has 0 radical (unpaired) electrons. The number of carboxylic acids is 3. The van der Waals surface area contributed by atoms with Crippen LogP contribution >= 0.6 is 35.3 Å². The Morgan fingerprint density at radius 3 is 1.85 bits per heavy atom. The number of carbonyl (C=O) groups excluding carboxylic acids is 14. The molecule has 0 saturated carbocycles. The fourth-order valence-electron chi connectivity index (χ4n) is 14.8. The van der Waals surface area contributed by atoms with E-state index < -0.39 is 223 Å². The fraction of sp³-hybridized carbons (Fsp3) is 0.530. The number of hydrogen-bond donors (Lipinski definition) is 15. The standard InChI is InChI=1S/C83H110N14O21S3/c1-47(98)31-53(27-30-119-3)75(110)94-63-45-121-43-52-20-12-19-51(32-52)42-120-44-62(93-77(112)54(33-49-15-6-4-7-16-49)35-66(100)58(25-26-70(103)104)89-81(116)73(48(2)99)95-80(115)64-22-13-28-96(64)83(118)65-23-14-29-97(65)82(63)117)68(102)37-56(38-71(105)106)78(113)91-60(39-57-41-87-46-88-57)67(101)36-55(34-50-17-8-5-9-18-50)76(111)90-59(21-10-11-24-69(84)85)79(114)92-61(74(86)109)40-72(107)108/h4-9,12,15-20,32,41,46,48,53-56,58-65,73,99H,10-11,13-14,21-31,33-40,42-45H2,1-3H3,(H3,84,85)(H2,86,109)(H,87,88)(H,89,116)(H,90,111)(H,91,113)(H,92,114)(H,93,112)(H,94,110)(H,95,115)(H,103,104)(H,105,106)(H,107,108)/t48-,53-,54-,55-,56+,58+,59+,60-,61+,62+,63+,64+,65+,73+/m1/s1. The second kappa shape index (κ2) is 49.2. The molecule has 2 bridgehead atoms. The number of aromatic nitrogens is 2. The number of thioether (sulfide) groups is 3. The molecule has 4 aromatic rings. The van der Waals surface area contributed by atoms with E-state index >= 15 is 24.0 Å². The quantitative estimate of drug-likeness (QED) is 0.0173. The number of ketones is 4. The van der Waals surface area contributed by atoms with Crippen molar-refractivity contribution in [2.24, 2.45) is 35.1 Å². The van der Waals surface area contributed by atoms with Crippen molar-refractivity contribution in [1.82, 2.24) is 57.0 Å². The summed E-state index contributed by atoms with van der Waals surface area (Å²) in [7, 11) is 0. The van der Waals surface area contributed by atoms with Crippen LogP contribution in [0, 0.1) is 29.1 Å². The number of nitrogens with two attached hydrogens (primary N) is 2. The molecule has 0 spiro atoms. The third-order valence-corrected chi connectivity index (χ3v) is 24.0. The van der Waals surface area contributed by atoms with Gasteiger partial charge in [-0.15, -0.1) is 0 Å². The Bertz CT molecular complexity index is 4320. The normalized spacial score (nSPS) is 20.9. The van der Waals surface area contributed by atoms with Gasteiger partial charge in [-0.3, -0.25) is 82.1 Å². The number of aliphatic carboxylic acids is 3. The lowest BCUT2D eigenvalue weighted by molar-refractivity contribution is -0.148. The molecule has 38 heteroatoms. The number of amides is 10. The number of aliphatic hydroxyl groups excluding tert-OH is 1. The largest absolute Gasteiger partial charge is 0.481 e. The highest BCUT2D eigenvalue weighted by atomic mass is 32.2. The van der Waals surface area contributed by atoms with E-state index in [2.05, 4.69) is 47.2 Å². The number of hydrogen-bond acceptors (Lipinski definition) is 23. The van der Waals surface area contributed by atoms with Crippen LogP contribution < -0.4 is 48.7 Å². The number of primary amides is 1. The van der Waals surface area contributed by atoms with Crippen molar-refractivity contribution in [1.29, 1.82) is 5.41 Å². The van der Waals surface area contributed by atoms with Gasteiger partial charge in [0.25, 0.3) is 0 Å². The molecular weight excluding hydrogens is 1630 g/mol. The maximum absolute atomic E-state index is 15.4. The van der Waals surface area contributed by atoms with E-state index in [1.807, 2.05) is 18.4 Å². The van der Waals surface area contributed by atoms with Crippen molar-refractivity contribution in [3.8, 4) is 0 Å². The molecule has 656 valence electrons. The molecule has 4 heterocycles. The Labute approximate surface area is 713 Å². The van der Waals surface area contributed by atoms with Crippen molar-refractivity contribution >= 4 is 141 Å². The molecule has 17 N–H and O–H groups in total. The highest BCUT2D eigenvalue weighted by molar-refractivity contribution is 7.99. The van der Waals surface area contributed by atoms with Crippen LogP contribution in [0.3, 0.4) is 0 Å². The molecule has 7 rings (SSSR count). The summed E-state index contributed by atoms with van der Waals surface area (Å²) < 4.78 is 0. The Balaban J connectivity index is 1.25. The summed E-state index contributed by atoms with van der Waals surface area (Å²) in [5.74, 6) is -21.1. The summed E-state index contributed by atoms with van der Waals surface area (Å²) in [4.78, 5) is 249. The minimum atomic E-state index is -1.84. The van der Waals surface area contributed by atoms with E-state index in [1.165, 1.54) is 59.7 Å². The number of aromatic amines is 1. The van der Waals surface area contributed by atoms with Gasteiger partial charge >= 0.3 is 17.9 Å². The van der Waals surface area contributed by atoms with Crippen LogP contribution in [-0.4, -0.2) is 243 Å². The van der Waals surface area contributed by atoms with Crippen LogP contribution in [0.1, 0.15) is 151 Å². The molecule has 14 atom stereocenters. The second-order valence-corrected chi connectivity index (χ2v) is 33.8. The van der Waals surface area contributed by atoms with Gasteiger partial charge in [0.05, 0.1) is 60.8 Å². The van der Waals surface area contributed by atoms with Gasteiger partial charge < -0.3 is 88.7 Å². The summed E-state index contributed by atoms with van der Waals surface area (Å²) in [6.45, 7) is 2.71. The maximum atomic E-state index is 15.4. The molecule has 121 heavy (non-hydrogen) atoms. The lowest BCUT2D eigenvalue weighted by Crippen LogP contribution is -2.60. The third kappa shape index (κ3) is 31.9. The summed E-state index contributed by atoms with van der Waals surface area (Å²) in [5.41, 5.74) is 13.7. The first-order valence-corrected chi connectivity index (χ1v) is 43.9. The number of Topliss-reactive ketones (excluding diaryl/α,β-unsaturated/α-hetero) is 4. The molecule has 3 aromatic carbocycles. The summed E-state index contributed by atoms with van der Waals surface area (Å²) in [5, 5.41) is 67.1. The average Bonchev–Trinajstić information content (AvgIpc) is 1.67. The molecule has 2 saturated heterocycles. The molecular formula is C83H110N14O21S3. The topological polar surface area (TPSA) is 566 Å². The first-order valence-electron chi connectivity index (χ1n) is 40.2. The Kier molecular flexibility index (Phi) is 39.5. The lowest BCUT2D eigenvalue weighted by atomic mass is 9.88. The van der Waals surface area contributed by atoms with Gasteiger partial charge in [0.15, 0.2) is 17.3 Å². The zero-order valence-corrected chi connectivity index (χ0v) is 70.3. The number of aliphatic hydroxyl groups is 1. The van der Waals surface area contributed by atoms with Gasteiger partial charge in [0, 0.05) is 105 Å². The number of rotatable bonds is 39. The number of fused-ring (bicyclic) bond motifs is 4.